The van der Waals surface area contributed by atoms with Gasteiger partial charge >= 0.3 is 0 Å². The zero-order valence-corrected chi connectivity index (χ0v) is 17.2. The van der Waals surface area contributed by atoms with Crippen LogP contribution in [0.3, 0.4) is 0 Å². The Bertz CT molecular complexity index is 795. The van der Waals surface area contributed by atoms with Crippen molar-refractivity contribution in [2.24, 2.45) is 5.92 Å². The lowest BCUT2D eigenvalue weighted by atomic mass is 10.2. The van der Waals surface area contributed by atoms with Crippen LogP contribution in [0.4, 0.5) is 5.69 Å². The van der Waals surface area contributed by atoms with Gasteiger partial charge in [-0.25, -0.2) is 0 Å². The van der Waals surface area contributed by atoms with E-state index >= 15 is 0 Å². The van der Waals surface area contributed by atoms with Gasteiger partial charge in [-0.1, -0.05) is 32.0 Å². The highest BCUT2D eigenvalue weighted by Gasteiger charge is 2.13. The van der Waals surface area contributed by atoms with E-state index in [1.807, 2.05) is 24.3 Å². The summed E-state index contributed by atoms with van der Waals surface area (Å²) in [5.41, 5.74) is 1.13. The van der Waals surface area contributed by atoms with Gasteiger partial charge in [0, 0.05) is 18.9 Å². The second kappa shape index (κ2) is 11.3. The van der Waals surface area contributed by atoms with Crippen LogP contribution in [-0.4, -0.2) is 38.0 Å². The Balaban J connectivity index is 1.96. The fourth-order valence-corrected chi connectivity index (χ4v) is 2.48. The van der Waals surface area contributed by atoms with Gasteiger partial charge in [-0.15, -0.1) is 0 Å². The maximum absolute atomic E-state index is 12.6. The number of thiocarbonyl (C=S) groups is 1. The summed E-state index contributed by atoms with van der Waals surface area (Å²) in [5.74, 6) is 1.30. The summed E-state index contributed by atoms with van der Waals surface area (Å²) >= 11 is 5.27. The van der Waals surface area contributed by atoms with E-state index in [4.69, 9.17) is 26.4 Å². The zero-order chi connectivity index (χ0) is 20.4. The average Bonchev–Trinajstić information content (AvgIpc) is 2.67. The van der Waals surface area contributed by atoms with E-state index in [9.17, 15) is 4.79 Å². The minimum Gasteiger partial charge on any atom is -0.493 e. The lowest BCUT2D eigenvalue weighted by molar-refractivity contribution is 0.0970. The van der Waals surface area contributed by atoms with Gasteiger partial charge in [0.15, 0.2) is 5.11 Å². The Morgan fingerprint density at radius 1 is 1.07 bits per heavy atom. The van der Waals surface area contributed by atoms with Crippen molar-refractivity contribution in [3.63, 3.8) is 0 Å². The molecule has 0 aliphatic carbocycles. The van der Waals surface area contributed by atoms with Gasteiger partial charge < -0.3 is 19.5 Å². The number of para-hydroxylation sites is 1. The normalized spacial score (nSPS) is 10.4. The first kappa shape index (κ1) is 21.7. The Labute approximate surface area is 171 Å². The minimum absolute atomic E-state index is 0.192. The van der Waals surface area contributed by atoms with Crippen molar-refractivity contribution < 1.29 is 19.0 Å². The summed E-state index contributed by atoms with van der Waals surface area (Å²) in [7, 11) is 1.59. The molecule has 7 heteroatoms. The molecule has 2 aromatic rings. The molecular formula is C21H26N2O4S. The van der Waals surface area contributed by atoms with Gasteiger partial charge in [-0.05, 0) is 42.4 Å². The summed E-state index contributed by atoms with van der Waals surface area (Å²) in [6, 6.07) is 14.4. The molecule has 28 heavy (non-hydrogen) atoms. The van der Waals surface area contributed by atoms with Crippen molar-refractivity contribution in [3.05, 3.63) is 54.1 Å². The SMILES string of the molecule is COCCOc1ccccc1C(=O)NC(=S)Nc1cccc(OCC(C)C)c1. The first-order chi connectivity index (χ1) is 13.5. The molecule has 0 saturated carbocycles. The van der Waals surface area contributed by atoms with E-state index in [2.05, 4.69) is 24.5 Å². The van der Waals surface area contributed by atoms with Crippen LogP contribution in [0.2, 0.25) is 0 Å². The number of ether oxygens (including phenoxy) is 3. The molecule has 0 aliphatic rings. The quantitative estimate of drug-likeness (QED) is 0.490. The van der Waals surface area contributed by atoms with E-state index in [0.717, 1.165) is 11.4 Å². The van der Waals surface area contributed by atoms with Gasteiger partial charge in [0.1, 0.15) is 18.1 Å². The van der Waals surface area contributed by atoms with Crippen molar-refractivity contribution in [2.75, 3.05) is 32.2 Å². The summed E-state index contributed by atoms with van der Waals surface area (Å²) in [4.78, 5) is 12.6. The van der Waals surface area contributed by atoms with E-state index < -0.39 is 0 Å². The Kier molecular flexibility index (Phi) is 8.71. The van der Waals surface area contributed by atoms with Crippen LogP contribution in [0.1, 0.15) is 24.2 Å². The molecule has 2 N–H and O–H groups in total. The highest BCUT2D eigenvalue weighted by molar-refractivity contribution is 7.80. The van der Waals surface area contributed by atoms with E-state index in [0.29, 0.717) is 37.1 Å². The number of anilines is 1. The van der Waals surface area contributed by atoms with Crippen molar-refractivity contribution in [1.82, 2.24) is 5.32 Å². The second-order valence-electron chi connectivity index (χ2n) is 6.48. The van der Waals surface area contributed by atoms with Gasteiger partial charge in [-0.3, -0.25) is 10.1 Å². The van der Waals surface area contributed by atoms with Crippen LogP contribution in [0.15, 0.2) is 48.5 Å². The van der Waals surface area contributed by atoms with Crippen LogP contribution in [-0.2, 0) is 4.74 Å². The average molecular weight is 403 g/mol. The molecular weight excluding hydrogens is 376 g/mol. The van der Waals surface area contributed by atoms with Crippen LogP contribution in [0, 0.1) is 5.92 Å². The molecule has 0 bridgehead atoms. The molecule has 0 fully saturated rings. The number of hydrogen-bond acceptors (Lipinski definition) is 5. The number of amides is 1. The van der Waals surface area contributed by atoms with Crippen LogP contribution < -0.4 is 20.1 Å². The van der Waals surface area contributed by atoms with Crippen molar-refractivity contribution in [1.29, 1.82) is 0 Å². The van der Waals surface area contributed by atoms with Crippen LogP contribution in [0.5, 0.6) is 11.5 Å². The smallest absolute Gasteiger partial charge is 0.261 e. The molecule has 0 aromatic heterocycles. The van der Waals surface area contributed by atoms with Crippen LogP contribution in [0.25, 0.3) is 0 Å². The lowest BCUT2D eigenvalue weighted by Gasteiger charge is -2.14. The molecule has 0 spiro atoms. The summed E-state index contributed by atoms with van der Waals surface area (Å²) in [5, 5.41) is 5.87. The van der Waals surface area contributed by atoms with E-state index in [1.165, 1.54) is 0 Å². The maximum atomic E-state index is 12.6. The zero-order valence-electron chi connectivity index (χ0n) is 16.4. The molecule has 2 aromatic carbocycles. The maximum Gasteiger partial charge on any atom is 0.261 e. The third kappa shape index (κ3) is 7.17. The number of nitrogens with one attached hydrogen (secondary N) is 2. The Hall–Kier alpha value is -2.64. The summed E-state index contributed by atoms with van der Waals surface area (Å²) < 4.78 is 16.3. The molecule has 0 saturated heterocycles. The fourth-order valence-electron chi connectivity index (χ4n) is 2.27. The Morgan fingerprint density at radius 2 is 1.86 bits per heavy atom. The molecule has 0 radical (unpaired) electrons. The van der Waals surface area contributed by atoms with Crippen molar-refractivity contribution in [3.8, 4) is 11.5 Å². The fraction of sp³-hybridized carbons (Fsp3) is 0.333. The molecule has 6 nitrogen and oxygen atoms in total. The van der Waals surface area contributed by atoms with Gasteiger partial charge in [0.2, 0.25) is 0 Å². The highest BCUT2D eigenvalue weighted by Crippen LogP contribution is 2.19. The number of carbonyl (C=O) groups excluding carboxylic acids is 1. The number of rotatable bonds is 9. The van der Waals surface area contributed by atoms with Gasteiger partial charge in [-0.2, -0.15) is 0 Å². The molecule has 0 atom stereocenters. The van der Waals surface area contributed by atoms with E-state index in [1.54, 1.807) is 31.4 Å². The number of hydrogen-bond donors (Lipinski definition) is 2. The summed E-state index contributed by atoms with van der Waals surface area (Å²) in [6.07, 6.45) is 0. The predicted octanol–water partition coefficient (Wildman–Crippen LogP) is 3.87. The summed E-state index contributed by atoms with van der Waals surface area (Å²) in [6.45, 7) is 5.59. The van der Waals surface area contributed by atoms with Crippen LogP contribution >= 0.6 is 12.2 Å². The lowest BCUT2D eigenvalue weighted by Crippen LogP contribution is -2.34. The molecule has 1 amide bonds. The van der Waals surface area contributed by atoms with Crippen molar-refractivity contribution in [2.45, 2.75) is 13.8 Å². The number of methoxy groups -OCH3 is 1. The topological polar surface area (TPSA) is 68.8 Å². The largest absolute Gasteiger partial charge is 0.493 e. The third-order valence-corrected chi connectivity index (χ3v) is 3.78. The molecule has 0 unspecified atom stereocenters. The molecule has 2 rings (SSSR count). The number of benzene rings is 2. The van der Waals surface area contributed by atoms with Gasteiger partial charge in [0.25, 0.3) is 5.91 Å². The van der Waals surface area contributed by atoms with E-state index in [-0.39, 0.29) is 11.0 Å². The first-order valence-corrected chi connectivity index (χ1v) is 9.46. The monoisotopic (exact) mass is 402 g/mol. The second-order valence-corrected chi connectivity index (χ2v) is 6.89. The van der Waals surface area contributed by atoms with Crippen molar-refractivity contribution >= 4 is 28.9 Å². The number of carbonyl (C=O) groups is 1. The molecule has 0 aliphatic heterocycles. The Morgan fingerprint density at radius 3 is 2.61 bits per heavy atom. The van der Waals surface area contributed by atoms with Gasteiger partial charge in [0.05, 0.1) is 18.8 Å². The first-order valence-electron chi connectivity index (χ1n) is 9.05. The molecule has 150 valence electrons. The standard InChI is InChI=1S/C21H26N2O4S/c1-15(2)14-27-17-8-6-7-16(13-17)22-21(28)23-20(24)18-9-4-5-10-19(18)26-12-11-25-3/h4-10,13,15H,11-12,14H2,1-3H3,(H2,22,23,24,28). The molecule has 0 heterocycles. The minimum atomic E-state index is -0.349. The predicted molar refractivity (Wildman–Crippen MR) is 114 cm³/mol. The third-order valence-electron chi connectivity index (χ3n) is 3.58. The highest BCUT2D eigenvalue weighted by atomic mass is 32.1.